The fraction of sp³-hybridized carbons (Fsp3) is 0.0909. The summed E-state index contributed by atoms with van der Waals surface area (Å²) in [6, 6.07) is 7.89. The Hall–Kier alpha value is -2.50. The SMILES string of the molecule is Cc1ccc(/C=N/Nc2cn[nH]c(=O)n2)cc1. The molecule has 2 rings (SSSR count). The fourth-order valence-corrected chi connectivity index (χ4v) is 1.19. The van der Waals surface area contributed by atoms with E-state index in [2.05, 4.69) is 25.7 Å². The van der Waals surface area contributed by atoms with Gasteiger partial charge in [-0.25, -0.2) is 9.89 Å². The molecule has 0 radical (unpaired) electrons. The van der Waals surface area contributed by atoms with Gasteiger partial charge in [-0.3, -0.25) is 5.43 Å². The van der Waals surface area contributed by atoms with Crippen LogP contribution in [0.4, 0.5) is 5.82 Å². The average molecular weight is 229 g/mol. The van der Waals surface area contributed by atoms with E-state index in [0.717, 1.165) is 5.56 Å². The number of aromatic nitrogens is 3. The highest BCUT2D eigenvalue weighted by Gasteiger charge is 1.92. The molecule has 0 bridgehead atoms. The maximum Gasteiger partial charge on any atom is 0.363 e. The van der Waals surface area contributed by atoms with E-state index in [0.29, 0.717) is 5.82 Å². The Morgan fingerprint density at radius 2 is 2.12 bits per heavy atom. The number of hydrazone groups is 1. The van der Waals surface area contributed by atoms with Gasteiger partial charge in [0.15, 0.2) is 5.82 Å². The monoisotopic (exact) mass is 229 g/mol. The maximum absolute atomic E-state index is 10.8. The molecule has 2 N–H and O–H groups in total. The molecule has 86 valence electrons. The second-order valence-corrected chi connectivity index (χ2v) is 3.45. The second kappa shape index (κ2) is 5.02. The van der Waals surface area contributed by atoms with Gasteiger partial charge in [0, 0.05) is 0 Å². The Bertz CT molecular complexity index is 573. The van der Waals surface area contributed by atoms with Gasteiger partial charge in [0.2, 0.25) is 0 Å². The third-order valence-corrected chi connectivity index (χ3v) is 2.04. The standard InChI is InChI=1S/C11H11N5O/c1-8-2-4-9(5-3-8)6-12-15-10-7-13-16-11(17)14-10/h2-7H,1H3,(H2,14,15,16,17)/b12-6+. The van der Waals surface area contributed by atoms with Crippen LogP contribution in [0.25, 0.3) is 0 Å². The fourth-order valence-electron chi connectivity index (χ4n) is 1.19. The number of anilines is 1. The predicted molar refractivity (Wildman–Crippen MR) is 65.0 cm³/mol. The number of nitrogens with zero attached hydrogens (tertiary/aromatic N) is 3. The van der Waals surface area contributed by atoms with Crippen molar-refractivity contribution in [1.82, 2.24) is 15.2 Å². The van der Waals surface area contributed by atoms with Crippen LogP contribution < -0.4 is 11.1 Å². The molecule has 2 aromatic rings. The second-order valence-electron chi connectivity index (χ2n) is 3.45. The van der Waals surface area contributed by atoms with Crippen molar-refractivity contribution in [3.05, 3.63) is 52.1 Å². The van der Waals surface area contributed by atoms with E-state index in [1.165, 1.54) is 11.8 Å². The van der Waals surface area contributed by atoms with E-state index in [1.54, 1.807) is 6.21 Å². The summed E-state index contributed by atoms with van der Waals surface area (Å²) >= 11 is 0. The van der Waals surface area contributed by atoms with E-state index in [1.807, 2.05) is 31.2 Å². The van der Waals surface area contributed by atoms with E-state index in [9.17, 15) is 4.79 Å². The summed E-state index contributed by atoms with van der Waals surface area (Å²) in [5, 5.41) is 9.71. The lowest BCUT2D eigenvalue weighted by Crippen LogP contribution is -2.13. The molecule has 0 amide bonds. The van der Waals surface area contributed by atoms with Gasteiger partial charge in [0.05, 0.1) is 12.4 Å². The van der Waals surface area contributed by atoms with Crippen LogP contribution in [0, 0.1) is 6.92 Å². The minimum atomic E-state index is -0.513. The summed E-state index contributed by atoms with van der Waals surface area (Å²) in [5.41, 5.74) is 4.26. The summed E-state index contributed by atoms with van der Waals surface area (Å²) in [6.07, 6.45) is 3.02. The lowest BCUT2D eigenvalue weighted by molar-refractivity contribution is 0.913. The van der Waals surface area contributed by atoms with Crippen molar-refractivity contribution in [2.24, 2.45) is 5.10 Å². The van der Waals surface area contributed by atoms with Crippen molar-refractivity contribution >= 4 is 12.0 Å². The Balaban J connectivity index is 2.02. The van der Waals surface area contributed by atoms with Crippen molar-refractivity contribution in [3.63, 3.8) is 0 Å². The van der Waals surface area contributed by atoms with Crippen molar-refractivity contribution in [2.75, 3.05) is 5.43 Å². The highest BCUT2D eigenvalue weighted by molar-refractivity contribution is 5.80. The zero-order chi connectivity index (χ0) is 12.1. The zero-order valence-corrected chi connectivity index (χ0v) is 9.21. The molecule has 6 nitrogen and oxygen atoms in total. The molecular weight excluding hydrogens is 218 g/mol. The number of H-pyrrole nitrogens is 1. The average Bonchev–Trinajstić information content (AvgIpc) is 2.32. The number of hydrogen-bond donors (Lipinski definition) is 2. The minimum absolute atomic E-state index is 0.303. The molecule has 1 aromatic carbocycles. The summed E-state index contributed by atoms with van der Waals surface area (Å²) in [4.78, 5) is 14.5. The Kier molecular flexibility index (Phi) is 3.25. The van der Waals surface area contributed by atoms with E-state index >= 15 is 0 Å². The van der Waals surface area contributed by atoms with Gasteiger partial charge in [-0.2, -0.15) is 15.2 Å². The number of rotatable bonds is 3. The number of aromatic amines is 1. The highest BCUT2D eigenvalue weighted by atomic mass is 16.1. The molecule has 0 aliphatic rings. The number of benzene rings is 1. The zero-order valence-electron chi connectivity index (χ0n) is 9.21. The normalized spacial score (nSPS) is 10.6. The van der Waals surface area contributed by atoms with Crippen molar-refractivity contribution in [1.29, 1.82) is 0 Å². The van der Waals surface area contributed by atoms with Crippen molar-refractivity contribution in [3.8, 4) is 0 Å². The Labute approximate surface area is 97.4 Å². The molecule has 6 heteroatoms. The molecular formula is C11H11N5O. The van der Waals surface area contributed by atoms with Gasteiger partial charge in [-0.05, 0) is 12.5 Å². The van der Waals surface area contributed by atoms with Crippen LogP contribution in [0.5, 0.6) is 0 Å². The van der Waals surface area contributed by atoms with Gasteiger partial charge in [-0.15, -0.1) is 0 Å². The summed E-state index contributed by atoms with van der Waals surface area (Å²) in [7, 11) is 0. The van der Waals surface area contributed by atoms with Crippen LogP contribution >= 0.6 is 0 Å². The lowest BCUT2D eigenvalue weighted by atomic mass is 10.2. The van der Waals surface area contributed by atoms with E-state index < -0.39 is 5.69 Å². The molecule has 1 heterocycles. The van der Waals surface area contributed by atoms with Gasteiger partial charge in [0.25, 0.3) is 0 Å². The van der Waals surface area contributed by atoms with Crippen LogP contribution in [-0.4, -0.2) is 21.4 Å². The minimum Gasteiger partial charge on any atom is -0.260 e. The first kappa shape index (κ1) is 11.0. The van der Waals surface area contributed by atoms with Crippen LogP contribution in [0.2, 0.25) is 0 Å². The molecule has 1 aromatic heterocycles. The number of aryl methyl sites for hydroxylation is 1. The molecule has 0 atom stereocenters. The topological polar surface area (TPSA) is 83.0 Å². The van der Waals surface area contributed by atoms with E-state index in [-0.39, 0.29) is 0 Å². The molecule has 0 aliphatic heterocycles. The Morgan fingerprint density at radius 3 is 2.82 bits per heavy atom. The van der Waals surface area contributed by atoms with Gasteiger partial charge in [0.1, 0.15) is 0 Å². The lowest BCUT2D eigenvalue weighted by Gasteiger charge is -1.97. The molecule has 0 saturated heterocycles. The first-order chi connectivity index (χ1) is 8.24. The van der Waals surface area contributed by atoms with E-state index in [4.69, 9.17) is 0 Å². The van der Waals surface area contributed by atoms with Gasteiger partial charge < -0.3 is 0 Å². The van der Waals surface area contributed by atoms with Crippen LogP contribution in [0.15, 0.2) is 40.4 Å². The summed E-state index contributed by atoms with van der Waals surface area (Å²) < 4.78 is 0. The van der Waals surface area contributed by atoms with Crippen LogP contribution in [0.3, 0.4) is 0 Å². The quantitative estimate of drug-likeness (QED) is 0.605. The van der Waals surface area contributed by atoms with Gasteiger partial charge >= 0.3 is 5.69 Å². The molecule has 0 spiro atoms. The first-order valence-corrected chi connectivity index (χ1v) is 5.01. The third-order valence-electron chi connectivity index (χ3n) is 2.04. The largest absolute Gasteiger partial charge is 0.363 e. The van der Waals surface area contributed by atoms with Crippen molar-refractivity contribution in [2.45, 2.75) is 6.92 Å². The maximum atomic E-state index is 10.8. The third kappa shape index (κ3) is 3.23. The Morgan fingerprint density at radius 1 is 1.35 bits per heavy atom. The van der Waals surface area contributed by atoms with Crippen LogP contribution in [0.1, 0.15) is 11.1 Å². The smallest absolute Gasteiger partial charge is 0.260 e. The predicted octanol–water partition coefficient (Wildman–Crippen LogP) is 0.919. The summed E-state index contributed by atoms with van der Waals surface area (Å²) in [5.74, 6) is 0.303. The molecule has 0 aliphatic carbocycles. The molecule has 17 heavy (non-hydrogen) atoms. The molecule has 0 saturated carbocycles. The summed E-state index contributed by atoms with van der Waals surface area (Å²) in [6.45, 7) is 2.02. The highest BCUT2D eigenvalue weighted by Crippen LogP contribution is 2.00. The van der Waals surface area contributed by atoms with Gasteiger partial charge in [-0.1, -0.05) is 29.8 Å². The number of hydrogen-bond acceptors (Lipinski definition) is 5. The first-order valence-electron chi connectivity index (χ1n) is 5.01. The molecule has 0 unspecified atom stereocenters. The molecule has 0 fully saturated rings. The number of nitrogens with one attached hydrogen (secondary N) is 2. The van der Waals surface area contributed by atoms with Crippen molar-refractivity contribution < 1.29 is 0 Å². The van der Waals surface area contributed by atoms with Crippen LogP contribution in [-0.2, 0) is 0 Å².